The summed E-state index contributed by atoms with van der Waals surface area (Å²) in [4.78, 5) is 11.4. The molecule has 0 amide bonds. The Bertz CT molecular complexity index is 303. The van der Waals surface area contributed by atoms with Gasteiger partial charge >= 0.3 is 0 Å². The van der Waals surface area contributed by atoms with Gasteiger partial charge in [0.15, 0.2) is 5.78 Å². The SMILES string of the molecule is COC12C=CC(CC1)C(=O)C=C2O. The van der Waals surface area contributed by atoms with Gasteiger partial charge in [0.2, 0.25) is 0 Å². The molecule has 0 heterocycles. The van der Waals surface area contributed by atoms with Crippen LogP contribution in [0.5, 0.6) is 0 Å². The van der Waals surface area contributed by atoms with Crippen LogP contribution in [0.25, 0.3) is 0 Å². The molecule has 2 bridgehead atoms. The number of methoxy groups -OCH3 is 1. The lowest BCUT2D eigenvalue weighted by molar-refractivity contribution is -0.117. The van der Waals surface area contributed by atoms with Gasteiger partial charge in [-0.1, -0.05) is 6.08 Å². The van der Waals surface area contributed by atoms with Crippen LogP contribution in [0.4, 0.5) is 0 Å². The molecule has 13 heavy (non-hydrogen) atoms. The summed E-state index contributed by atoms with van der Waals surface area (Å²) >= 11 is 0. The molecule has 0 saturated carbocycles. The molecule has 0 saturated heterocycles. The van der Waals surface area contributed by atoms with E-state index in [1.165, 1.54) is 6.08 Å². The van der Waals surface area contributed by atoms with Crippen molar-refractivity contribution in [3.05, 3.63) is 24.0 Å². The first-order valence-corrected chi connectivity index (χ1v) is 4.37. The average molecular weight is 180 g/mol. The highest BCUT2D eigenvalue weighted by molar-refractivity contribution is 5.94. The Morgan fingerprint density at radius 3 is 3.00 bits per heavy atom. The lowest BCUT2D eigenvalue weighted by Crippen LogP contribution is -2.33. The lowest BCUT2D eigenvalue weighted by Gasteiger charge is -2.30. The third-order valence-electron chi connectivity index (χ3n) is 2.87. The van der Waals surface area contributed by atoms with Crippen LogP contribution in [0.1, 0.15) is 12.8 Å². The van der Waals surface area contributed by atoms with E-state index in [4.69, 9.17) is 4.74 Å². The summed E-state index contributed by atoms with van der Waals surface area (Å²) in [6, 6.07) is 0. The van der Waals surface area contributed by atoms with Crippen LogP contribution in [0.3, 0.4) is 0 Å². The minimum Gasteiger partial charge on any atom is -0.509 e. The highest BCUT2D eigenvalue weighted by atomic mass is 16.5. The standard InChI is InChI=1S/C10H12O3/c1-13-10-4-2-7(3-5-10)8(11)6-9(10)12/h2,4,6-7,12H,3,5H2,1H3. The first-order valence-electron chi connectivity index (χ1n) is 4.37. The first kappa shape index (κ1) is 8.51. The number of ether oxygens (including phenoxy) is 1. The van der Waals surface area contributed by atoms with Crippen molar-refractivity contribution < 1.29 is 14.6 Å². The Kier molecular flexibility index (Phi) is 1.77. The van der Waals surface area contributed by atoms with Gasteiger partial charge in [-0.3, -0.25) is 4.79 Å². The maximum Gasteiger partial charge on any atom is 0.165 e. The van der Waals surface area contributed by atoms with Crippen molar-refractivity contribution in [1.29, 1.82) is 0 Å². The molecular formula is C10H12O3. The van der Waals surface area contributed by atoms with E-state index >= 15 is 0 Å². The third kappa shape index (κ3) is 1.11. The maximum absolute atomic E-state index is 11.4. The first-order chi connectivity index (χ1) is 6.18. The molecule has 0 spiro atoms. The van der Waals surface area contributed by atoms with Crippen molar-refractivity contribution in [3.8, 4) is 0 Å². The smallest absolute Gasteiger partial charge is 0.165 e. The normalized spacial score (nSPS) is 37.5. The Balaban J connectivity index is 2.49. The number of rotatable bonds is 1. The number of fused-ring (bicyclic) bond motifs is 2. The Morgan fingerprint density at radius 2 is 2.46 bits per heavy atom. The van der Waals surface area contributed by atoms with Crippen molar-refractivity contribution >= 4 is 5.78 Å². The van der Waals surface area contributed by atoms with Crippen molar-refractivity contribution in [2.45, 2.75) is 18.4 Å². The largest absolute Gasteiger partial charge is 0.509 e. The number of carbonyl (C=O) groups excluding carboxylic acids is 1. The van der Waals surface area contributed by atoms with Crippen LogP contribution < -0.4 is 0 Å². The number of carbonyl (C=O) groups is 1. The predicted octanol–water partition coefficient (Wildman–Crippen LogP) is 1.36. The zero-order valence-electron chi connectivity index (χ0n) is 7.49. The molecule has 0 aromatic heterocycles. The fourth-order valence-electron chi connectivity index (χ4n) is 1.91. The molecule has 3 aliphatic carbocycles. The van der Waals surface area contributed by atoms with Crippen LogP contribution in [0, 0.1) is 5.92 Å². The number of ketones is 1. The number of hydrogen-bond acceptors (Lipinski definition) is 3. The minimum absolute atomic E-state index is 0.0230. The zero-order valence-corrected chi connectivity index (χ0v) is 7.49. The highest BCUT2D eigenvalue weighted by Crippen LogP contribution is 2.37. The van der Waals surface area contributed by atoms with Crippen LogP contribution in [0.15, 0.2) is 24.0 Å². The number of hydrogen-bond donors (Lipinski definition) is 1. The van der Waals surface area contributed by atoms with Gasteiger partial charge in [-0.05, 0) is 18.9 Å². The fourth-order valence-corrected chi connectivity index (χ4v) is 1.91. The molecular weight excluding hydrogens is 168 g/mol. The topological polar surface area (TPSA) is 46.5 Å². The van der Waals surface area contributed by atoms with E-state index in [1.807, 2.05) is 6.08 Å². The summed E-state index contributed by atoms with van der Waals surface area (Å²) in [5.74, 6) is -0.0469. The van der Waals surface area contributed by atoms with Crippen LogP contribution in [0.2, 0.25) is 0 Å². The molecule has 0 radical (unpaired) electrons. The lowest BCUT2D eigenvalue weighted by atomic mass is 9.86. The van der Waals surface area contributed by atoms with E-state index < -0.39 is 5.60 Å². The van der Waals surface area contributed by atoms with E-state index in [1.54, 1.807) is 13.2 Å². The quantitative estimate of drug-likeness (QED) is 0.620. The van der Waals surface area contributed by atoms with E-state index in [9.17, 15) is 9.90 Å². The van der Waals surface area contributed by atoms with Crippen LogP contribution in [-0.2, 0) is 9.53 Å². The Morgan fingerprint density at radius 1 is 1.69 bits per heavy atom. The zero-order chi connectivity index (χ0) is 9.47. The molecule has 3 rings (SSSR count). The molecule has 2 unspecified atom stereocenters. The van der Waals surface area contributed by atoms with Crippen molar-refractivity contribution in [3.63, 3.8) is 0 Å². The van der Waals surface area contributed by atoms with Gasteiger partial charge in [0.25, 0.3) is 0 Å². The number of aliphatic hydroxyl groups is 1. The number of allylic oxidation sites excluding steroid dienone is 2. The van der Waals surface area contributed by atoms with Crippen LogP contribution >= 0.6 is 0 Å². The molecule has 3 aliphatic rings. The Hall–Kier alpha value is -1.09. The summed E-state index contributed by atoms with van der Waals surface area (Å²) in [5, 5.41) is 9.66. The molecule has 0 fully saturated rings. The van der Waals surface area contributed by atoms with E-state index in [0.717, 1.165) is 6.42 Å². The molecule has 0 aromatic carbocycles. The Labute approximate surface area is 76.7 Å². The van der Waals surface area contributed by atoms with Gasteiger partial charge in [0.05, 0.1) is 0 Å². The van der Waals surface area contributed by atoms with E-state index in [-0.39, 0.29) is 17.5 Å². The van der Waals surface area contributed by atoms with Gasteiger partial charge in [-0.2, -0.15) is 0 Å². The molecule has 70 valence electrons. The van der Waals surface area contributed by atoms with Gasteiger partial charge in [-0.25, -0.2) is 0 Å². The molecule has 2 atom stereocenters. The molecule has 1 N–H and O–H groups in total. The summed E-state index contributed by atoms with van der Waals surface area (Å²) < 4.78 is 5.25. The van der Waals surface area contributed by atoms with E-state index in [2.05, 4.69) is 0 Å². The van der Waals surface area contributed by atoms with Gasteiger partial charge < -0.3 is 9.84 Å². The predicted molar refractivity (Wildman–Crippen MR) is 47.3 cm³/mol. The van der Waals surface area contributed by atoms with Gasteiger partial charge in [-0.15, -0.1) is 0 Å². The highest BCUT2D eigenvalue weighted by Gasteiger charge is 2.40. The van der Waals surface area contributed by atoms with Gasteiger partial charge in [0, 0.05) is 19.1 Å². The van der Waals surface area contributed by atoms with Gasteiger partial charge in [0.1, 0.15) is 11.4 Å². The minimum atomic E-state index is -0.733. The second-order valence-corrected chi connectivity index (χ2v) is 3.53. The fraction of sp³-hybridized carbons (Fsp3) is 0.500. The second kappa shape index (κ2) is 2.70. The monoisotopic (exact) mass is 180 g/mol. The van der Waals surface area contributed by atoms with Crippen molar-refractivity contribution in [2.75, 3.05) is 7.11 Å². The summed E-state index contributed by atoms with van der Waals surface area (Å²) in [6.45, 7) is 0. The summed E-state index contributed by atoms with van der Waals surface area (Å²) in [6.07, 6.45) is 6.34. The third-order valence-corrected chi connectivity index (χ3v) is 2.87. The molecule has 0 aliphatic heterocycles. The second-order valence-electron chi connectivity index (χ2n) is 3.53. The summed E-state index contributed by atoms with van der Waals surface area (Å²) in [7, 11) is 1.55. The number of aliphatic hydroxyl groups excluding tert-OH is 1. The van der Waals surface area contributed by atoms with Crippen LogP contribution in [-0.4, -0.2) is 23.6 Å². The average Bonchev–Trinajstić information content (AvgIpc) is 2.34. The molecule has 3 heteroatoms. The molecule has 0 aromatic rings. The van der Waals surface area contributed by atoms with E-state index in [0.29, 0.717) is 6.42 Å². The maximum atomic E-state index is 11.4. The van der Waals surface area contributed by atoms with Crippen molar-refractivity contribution in [1.82, 2.24) is 0 Å². The van der Waals surface area contributed by atoms with Crippen molar-refractivity contribution in [2.24, 2.45) is 5.92 Å². The molecule has 3 nitrogen and oxygen atoms in total. The summed E-state index contributed by atoms with van der Waals surface area (Å²) in [5.41, 5.74) is -0.733.